The fourth-order valence-electron chi connectivity index (χ4n) is 3.52. The summed E-state index contributed by atoms with van der Waals surface area (Å²) in [4.78, 5) is 22.0. The van der Waals surface area contributed by atoms with Crippen LogP contribution in [0.3, 0.4) is 0 Å². The van der Waals surface area contributed by atoms with Gasteiger partial charge in [-0.2, -0.15) is 5.10 Å². The summed E-state index contributed by atoms with van der Waals surface area (Å²) in [6, 6.07) is 1.92. The molecule has 2 aromatic rings. The zero-order chi connectivity index (χ0) is 19.1. The highest BCUT2D eigenvalue weighted by Crippen LogP contribution is 2.43. The van der Waals surface area contributed by atoms with E-state index in [4.69, 9.17) is 4.74 Å². The Morgan fingerprint density at radius 3 is 2.68 bits per heavy atom. The fourth-order valence-corrected chi connectivity index (χ4v) is 3.52. The standard InChI is InChI=1S/C21H27N5O2/c1-12-8-17(26-25-12)16(9-13-2-3-13)23-20(27)18-10-22-19(15-6-7-15)21(24-18)28-11-14-4-5-14/h8,10,13-16H,2-7,9,11H2,1H3,(H,23,27)(H,25,26)/t16-/m0/s1. The topological polar surface area (TPSA) is 92.8 Å². The van der Waals surface area contributed by atoms with Crippen molar-refractivity contribution in [1.82, 2.24) is 25.5 Å². The van der Waals surface area contributed by atoms with Crippen LogP contribution >= 0.6 is 0 Å². The van der Waals surface area contributed by atoms with Crippen molar-refractivity contribution in [2.24, 2.45) is 11.8 Å². The van der Waals surface area contributed by atoms with E-state index in [0.717, 1.165) is 36.3 Å². The van der Waals surface area contributed by atoms with Crippen LogP contribution in [-0.2, 0) is 0 Å². The van der Waals surface area contributed by atoms with E-state index in [9.17, 15) is 4.79 Å². The molecular weight excluding hydrogens is 354 g/mol. The Bertz CT molecular complexity index is 867. The summed E-state index contributed by atoms with van der Waals surface area (Å²) in [6.45, 7) is 2.62. The zero-order valence-electron chi connectivity index (χ0n) is 16.3. The number of aromatic amines is 1. The first-order chi connectivity index (χ1) is 13.7. The van der Waals surface area contributed by atoms with Crippen LogP contribution in [-0.4, -0.2) is 32.7 Å². The summed E-state index contributed by atoms with van der Waals surface area (Å²) in [5.74, 6) is 2.10. The lowest BCUT2D eigenvalue weighted by Crippen LogP contribution is -2.30. The summed E-state index contributed by atoms with van der Waals surface area (Å²) in [6.07, 6.45) is 9.68. The van der Waals surface area contributed by atoms with Gasteiger partial charge in [0.05, 0.1) is 30.2 Å². The van der Waals surface area contributed by atoms with Crippen molar-refractivity contribution >= 4 is 5.91 Å². The number of hydrogen-bond donors (Lipinski definition) is 2. The van der Waals surface area contributed by atoms with Gasteiger partial charge in [0.25, 0.3) is 5.91 Å². The van der Waals surface area contributed by atoms with Gasteiger partial charge in [0.2, 0.25) is 5.88 Å². The maximum Gasteiger partial charge on any atom is 0.272 e. The van der Waals surface area contributed by atoms with Crippen LogP contribution in [0.4, 0.5) is 0 Å². The van der Waals surface area contributed by atoms with Crippen LogP contribution in [0.5, 0.6) is 5.88 Å². The SMILES string of the molecule is Cc1cc([C@H](CC2CC2)NC(=O)c2cnc(C3CC3)c(OCC3CC3)n2)[nH]n1. The highest BCUT2D eigenvalue weighted by molar-refractivity contribution is 5.92. The Hall–Kier alpha value is -2.44. The number of amides is 1. The van der Waals surface area contributed by atoms with Gasteiger partial charge in [-0.1, -0.05) is 12.8 Å². The molecular formula is C21H27N5O2. The average molecular weight is 381 g/mol. The van der Waals surface area contributed by atoms with Gasteiger partial charge in [-0.25, -0.2) is 4.98 Å². The first kappa shape index (κ1) is 17.6. The van der Waals surface area contributed by atoms with E-state index in [1.807, 2.05) is 13.0 Å². The minimum atomic E-state index is -0.205. The van der Waals surface area contributed by atoms with Gasteiger partial charge in [-0.15, -0.1) is 0 Å². The summed E-state index contributed by atoms with van der Waals surface area (Å²) >= 11 is 0. The smallest absolute Gasteiger partial charge is 0.272 e. The van der Waals surface area contributed by atoms with Gasteiger partial charge in [0.1, 0.15) is 11.4 Å². The van der Waals surface area contributed by atoms with Crippen molar-refractivity contribution < 1.29 is 9.53 Å². The highest BCUT2D eigenvalue weighted by atomic mass is 16.5. The summed E-state index contributed by atoms with van der Waals surface area (Å²) < 4.78 is 5.95. The number of hydrogen-bond acceptors (Lipinski definition) is 5. The molecule has 3 aliphatic carbocycles. The molecule has 0 saturated heterocycles. The Kier molecular flexibility index (Phi) is 4.53. The monoisotopic (exact) mass is 381 g/mol. The number of carbonyl (C=O) groups excluding carboxylic acids is 1. The molecule has 0 bridgehead atoms. The van der Waals surface area contributed by atoms with Gasteiger partial charge in [0.15, 0.2) is 0 Å². The molecule has 28 heavy (non-hydrogen) atoms. The molecule has 3 fully saturated rings. The van der Waals surface area contributed by atoms with Crippen LogP contribution in [0, 0.1) is 18.8 Å². The summed E-state index contributed by atoms with van der Waals surface area (Å²) in [7, 11) is 0. The van der Waals surface area contributed by atoms with Crippen molar-refractivity contribution in [3.63, 3.8) is 0 Å². The van der Waals surface area contributed by atoms with Crippen molar-refractivity contribution in [2.75, 3.05) is 6.61 Å². The van der Waals surface area contributed by atoms with Gasteiger partial charge in [-0.05, 0) is 56.9 Å². The number of nitrogens with zero attached hydrogens (tertiary/aromatic N) is 3. The number of nitrogens with one attached hydrogen (secondary N) is 2. The number of H-pyrrole nitrogens is 1. The minimum Gasteiger partial charge on any atom is -0.476 e. The van der Waals surface area contributed by atoms with Crippen molar-refractivity contribution in [3.05, 3.63) is 35.0 Å². The molecule has 0 spiro atoms. The van der Waals surface area contributed by atoms with Crippen molar-refractivity contribution in [2.45, 2.75) is 63.8 Å². The third-order valence-electron chi connectivity index (χ3n) is 5.79. The second-order valence-electron chi connectivity index (χ2n) is 8.64. The first-order valence-electron chi connectivity index (χ1n) is 10.5. The zero-order valence-corrected chi connectivity index (χ0v) is 16.3. The van der Waals surface area contributed by atoms with Crippen LogP contribution < -0.4 is 10.1 Å². The number of rotatable bonds is 9. The predicted molar refractivity (Wildman–Crippen MR) is 103 cm³/mol. The van der Waals surface area contributed by atoms with E-state index < -0.39 is 0 Å². The normalized spacial score (nSPS) is 20.0. The third kappa shape index (κ3) is 4.18. The van der Waals surface area contributed by atoms with Gasteiger partial charge >= 0.3 is 0 Å². The Balaban J connectivity index is 1.33. The molecule has 1 atom stereocenters. The van der Waals surface area contributed by atoms with Crippen LogP contribution in [0.1, 0.15) is 84.5 Å². The number of aromatic nitrogens is 4. The molecule has 5 rings (SSSR count). The van der Waals surface area contributed by atoms with Gasteiger partial charge < -0.3 is 10.1 Å². The van der Waals surface area contributed by atoms with Crippen LogP contribution in [0.25, 0.3) is 0 Å². The molecule has 7 heteroatoms. The lowest BCUT2D eigenvalue weighted by molar-refractivity contribution is 0.0925. The molecule has 1 amide bonds. The predicted octanol–water partition coefficient (Wildman–Crippen LogP) is 3.45. The van der Waals surface area contributed by atoms with E-state index in [1.165, 1.54) is 25.7 Å². The van der Waals surface area contributed by atoms with E-state index >= 15 is 0 Å². The fraction of sp³-hybridized carbons (Fsp3) is 0.619. The van der Waals surface area contributed by atoms with E-state index in [1.54, 1.807) is 6.20 Å². The molecule has 2 aromatic heterocycles. The molecule has 148 valence electrons. The number of carbonyl (C=O) groups is 1. The molecule has 0 unspecified atom stereocenters. The molecule has 2 heterocycles. The first-order valence-corrected chi connectivity index (χ1v) is 10.5. The highest BCUT2D eigenvalue weighted by Gasteiger charge is 2.32. The van der Waals surface area contributed by atoms with Crippen molar-refractivity contribution in [1.29, 1.82) is 0 Å². The third-order valence-corrected chi connectivity index (χ3v) is 5.79. The Morgan fingerprint density at radius 2 is 2.04 bits per heavy atom. The summed E-state index contributed by atoms with van der Waals surface area (Å²) in [5.41, 5.74) is 3.11. The maximum absolute atomic E-state index is 12.9. The van der Waals surface area contributed by atoms with Crippen LogP contribution in [0.2, 0.25) is 0 Å². The van der Waals surface area contributed by atoms with E-state index in [2.05, 4.69) is 25.5 Å². The molecule has 2 N–H and O–H groups in total. The van der Waals surface area contributed by atoms with Crippen LogP contribution in [0.15, 0.2) is 12.3 Å². The molecule has 7 nitrogen and oxygen atoms in total. The van der Waals surface area contributed by atoms with Gasteiger partial charge in [0, 0.05) is 5.92 Å². The molecule has 3 saturated carbocycles. The van der Waals surface area contributed by atoms with Crippen molar-refractivity contribution in [3.8, 4) is 5.88 Å². The molecule has 0 radical (unpaired) electrons. The largest absolute Gasteiger partial charge is 0.476 e. The Labute approximate surface area is 164 Å². The molecule has 0 aromatic carbocycles. The van der Waals surface area contributed by atoms with Gasteiger partial charge in [-0.3, -0.25) is 14.9 Å². The van der Waals surface area contributed by atoms with E-state index in [0.29, 0.717) is 35.9 Å². The Morgan fingerprint density at radius 1 is 1.25 bits per heavy atom. The molecule has 3 aliphatic rings. The second kappa shape index (κ2) is 7.18. The quantitative estimate of drug-likeness (QED) is 0.694. The molecule has 0 aliphatic heterocycles. The lowest BCUT2D eigenvalue weighted by Gasteiger charge is -2.17. The average Bonchev–Trinajstić information content (AvgIpc) is 3.55. The van der Waals surface area contributed by atoms with E-state index in [-0.39, 0.29) is 11.9 Å². The maximum atomic E-state index is 12.9. The number of ether oxygens (including phenoxy) is 1. The lowest BCUT2D eigenvalue weighted by atomic mass is 10.1. The number of aryl methyl sites for hydroxylation is 1. The minimum absolute atomic E-state index is 0.0815. The summed E-state index contributed by atoms with van der Waals surface area (Å²) in [5, 5.41) is 10.4. The second-order valence-corrected chi connectivity index (χ2v) is 8.64.